The highest BCUT2D eigenvalue weighted by Gasteiger charge is 2.29. The summed E-state index contributed by atoms with van der Waals surface area (Å²) >= 11 is 1.05. The third-order valence-electron chi connectivity index (χ3n) is 3.78. The van der Waals surface area contributed by atoms with Gasteiger partial charge in [-0.05, 0) is 26.0 Å². The maximum Gasteiger partial charge on any atom is 0.275 e. The Balaban J connectivity index is 1.71. The smallest absolute Gasteiger partial charge is 0.275 e. The Hall–Kier alpha value is -2.09. The Bertz CT molecular complexity index is 674. The van der Waals surface area contributed by atoms with Crippen LogP contribution in [0.4, 0.5) is 10.2 Å². The molecule has 116 valence electrons. The Kier molecular flexibility index (Phi) is 4.02. The van der Waals surface area contributed by atoms with Gasteiger partial charge in [0.15, 0.2) is 5.69 Å². The van der Waals surface area contributed by atoms with Crippen molar-refractivity contribution in [1.29, 1.82) is 0 Å². The highest BCUT2D eigenvalue weighted by atomic mass is 32.1. The van der Waals surface area contributed by atoms with Crippen LogP contribution >= 0.6 is 11.7 Å². The van der Waals surface area contributed by atoms with E-state index in [0.717, 1.165) is 17.5 Å². The van der Waals surface area contributed by atoms with Crippen molar-refractivity contribution in [2.75, 3.05) is 24.5 Å². The van der Waals surface area contributed by atoms with Crippen LogP contribution in [0.3, 0.4) is 0 Å². The maximum absolute atomic E-state index is 13.0. The van der Waals surface area contributed by atoms with Gasteiger partial charge >= 0.3 is 0 Å². The molecule has 8 heteroatoms. The third kappa shape index (κ3) is 2.78. The van der Waals surface area contributed by atoms with E-state index in [9.17, 15) is 9.18 Å². The van der Waals surface area contributed by atoms with Crippen molar-refractivity contribution in [3.63, 3.8) is 0 Å². The third-order valence-corrected chi connectivity index (χ3v) is 4.40. The van der Waals surface area contributed by atoms with Gasteiger partial charge in [0.1, 0.15) is 11.6 Å². The number of halogens is 1. The molecule has 1 aliphatic rings. The lowest BCUT2D eigenvalue weighted by Crippen LogP contribution is -2.54. The van der Waals surface area contributed by atoms with E-state index in [1.165, 1.54) is 12.3 Å². The summed E-state index contributed by atoms with van der Waals surface area (Å²) in [6.45, 7) is 5.63. The summed E-state index contributed by atoms with van der Waals surface area (Å²) < 4.78 is 21.1. The molecule has 1 fully saturated rings. The first-order valence-electron chi connectivity index (χ1n) is 7.03. The summed E-state index contributed by atoms with van der Waals surface area (Å²) in [7, 11) is 0. The molecule has 1 unspecified atom stereocenters. The lowest BCUT2D eigenvalue weighted by atomic mass is 10.1. The summed E-state index contributed by atoms with van der Waals surface area (Å²) in [4.78, 5) is 20.4. The Morgan fingerprint density at radius 2 is 2.18 bits per heavy atom. The second kappa shape index (κ2) is 5.96. The summed E-state index contributed by atoms with van der Waals surface area (Å²) in [5.41, 5.74) is 1.11. The van der Waals surface area contributed by atoms with Crippen molar-refractivity contribution < 1.29 is 9.18 Å². The SMILES string of the molecule is Cc1nsnc1C(=O)N1CCN(c2ccc(F)cn2)C(C)C1. The average Bonchev–Trinajstić information content (AvgIpc) is 2.93. The van der Waals surface area contributed by atoms with E-state index in [1.54, 1.807) is 17.9 Å². The fourth-order valence-electron chi connectivity index (χ4n) is 2.60. The molecule has 1 amide bonds. The first kappa shape index (κ1) is 14.8. The molecule has 0 spiro atoms. The van der Waals surface area contributed by atoms with Gasteiger partial charge in [-0.3, -0.25) is 4.79 Å². The Morgan fingerprint density at radius 1 is 1.36 bits per heavy atom. The lowest BCUT2D eigenvalue weighted by Gasteiger charge is -2.40. The van der Waals surface area contributed by atoms with Crippen LogP contribution in [0.15, 0.2) is 18.3 Å². The number of nitrogens with zero attached hydrogens (tertiary/aromatic N) is 5. The van der Waals surface area contributed by atoms with Gasteiger partial charge in [0.25, 0.3) is 5.91 Å². The molecule has 2 aromatic rings. The molecule has 0 aliphatic carbocycles. The number of aromatic nitrogens is 3. The number of piperazine rings is 1. The first-order chi connectivity index (χ1) is 10.6. The molecular weight excluding hydrogens is 305 g/mol. The predicted octanol–water partition coefficient (Wildman–Crippen LogP) is 1.73. The molecule has 3 heterocycles. The molecule has 0 bridgehead atoms. The van der Waals surface area contributed by atoms with Gasteiger partial charge < -0.3 is 9.80 Å². The highest BCUT2D eigenvalue weighted by molar-refractivity contribution is 6.99. The highest BCUT2D eigenvalue weighted by Crippen LogP contribution is 2.20. The van der Waals surface area contributed by atoms with Crippen molar-refractivity contribution in [2.45, 2.75) is 19.9 Å². The fourth-order valence-corrected chi connectivity index (χ4v) is 3.14. The van der Waals surface area contributed by atoms with Crippen LogP contribution in [0.2, 0.25) is 0 Å². The van der Waals surface area contributed by atoms with Gasteiger partial charge in [0.05, 0.1) is 23.6 Å². The summed E-state index contributed by atoms with van der Waals surface area (Å²) in [6.07, 6.45) is 1.21. The zero-order valence-corrected chi connectivity index (χ0v) is 13.2. The van der Waals surface area contributed by atoms with Gasteiger partial charge in [0.2, 0.25) is 0 Å². The lowest BCUT2D eigenvalue weighted by molar-refractivity contribution is 0.0720. The van der Waals surface area contributed by atoms with E-state index in [1.807, 2.05) is 6.92 Å². The second-order valence-corrected chi connectivity index (χ2v) is 5.85. The number of amides is 1. The van der Waals surface area contributed by atoms with Crippen molar-refractivity contribution >= 4 is 23.5 Å². The zero-order valence-electron chi connectivity index (χ0n) is 12.4. The van der Waals surface area contributed by atoms with Gasteiger partial charge in [0, 0.05) is 25.7 Å². The van der Waals surface area contributed by atoms with Crippen LogP contribution in [-0.2, 0) is 0 Å². The summed E-state index contributed by atoms with van der Waals surface area (Å²) in [6, 6.07) is 3.16. The minimum absolute atomic E-state index is 0.0789. The normalized spacial score (nSPS) is 18.6. The summed E-state index contributed by atoms with van der Waals surface area (Å²) in [5, 5.41) is 0. The van der Waals surface area contributed by atoms with Gasteiger partial charge in [-0.15, -0.1) is 0 Å². The van der Waals surface area contributed by atoms with E-state index in [2.05, 4.69) is 18.6 Å². The molecule has 0 aromatic carbocycles. The van der Waals surface area contributed by atoms with E-state index >= 15 is 0 Å². The quantitative estimate of drug-likeness (QED) is 0.843. The van der Waals surface area contributed by atoms with Crippen LogP contribution in [0.25, 0.3) is 0 Å². The molecule has 0 N–H and O–H groups in total. The number of hydrogen-bond acceptors (Lipinski definition) is 6. The molecule has 1 atom stereocenters. The van der Waals surface area contributed by atoms with E-state index < -0.39 is 0 Å². The zero-order chi connectivity index (χ0) is 15.7. The largest absolute Gasteiger partial charge is 0.350 e. The van der Waals surface area contributed by atoms with E-state index in [4.69, 9.17) is 0 Å². The van der Waals surface area contributed by atoms with Gasteiger partial charge in [-0.25, -0.2) is 9.37 Å². The number of pyridine rings is 1. The Labute approximate surface area is 131 Å². The van der Waals surface area contributed by atoms with Crippen LogP contribution in [0.5, 0.6) is 0 Å². The van der Waals surface area contributed by atoms with Crippen LogP contribution < -0.4 is 4.90 Å². The summed E-state index contributed by atoms with van der Waals surface area (Å²) in [5.74, 6) is 0.300. The standard InChI is InChI=1S/C14H16FN5OS/c1-9-8-19(14(21)13-10(2)17-22-18-13)5-6-20(9)12-4-3-11(15)7-16-12/h3-4,7,9H,5-6,8H2,1-2H3. The predicted molar refractivity (Wildman–Crippen MR) is 81.6 cm³/mol. The van der Waals surface area contributed by atoms with Crippen molar-refractivity contribution in [3.8, 4) is 0 Å². The molecule has 0 radical (unpaired) electrons. The fraction of sp³-hybridized carbons (Fsp3) is 0.429. The van der Waals surface area contributed by atoms with E-state index in [0.29, 0.717) is 31.0 Å². The number of aryl methyl sites for hydroxylation is 1. The van der Waals surface area contributed by atoms with Crippen molar-refractivity contribution in [1.82, 2.24) is 18.6 Å². The van der Waals surface area contributed by atoms with Gasteiger partial charge in [-0.1, -0.05) is 0 Å². The minimum atomic E-state index is -0.350. The molecule has 0 saturated carbocycles. The molecule has 3 rings (SSSR count). The van der Waals surface area contributed by atoms with Crippen LogP contribution in [0.1, 0.15) is 23.1 Å². The van der Waals surface area contributed by atoms with E-state index in [-0.39, 0.29) is 17.8 Å². The van der Waals surface area contributed by atoms with Gasteiger partial charge in [-0.2, -0.15) is 8.75 Å². The average molecular weight is 321 g/mol. The topological polar surface area (TPSA) is 62.2 Å². The second-order valence-electron chi connectivity index (χ2n) is 5.33. The molecule has 6 nitrogen and oxygen atoms in total. The molecule has 2 aromatic heterocycles. The van der Waals surface area contributed by atoms with Crippen LogP contribution in [-0.4, -0.2) is 50.2 Å². The van der Waals surface area contributed by atoms with Crippen molar-refractivity contribution in [3.05, 3.63) is 35.5 Å². The Morgan fingerprint density at radius 3 is 2.77 bits per heavy atom. The van der Waals surface area contributed by atoms with Crippen LogP contribution in [0, 0.1) is 12.7 Å². The number of carbonyl (C=O) groups is 1. The molecule has 22 heavy (non-hydrogen) atoms. The number of hydrogen-bond donors (Lipinski definition) is 0. The monoisotopic (exact) mass is 321 g/mol. The van der Waals surface area contributed by atoms with Crippen molar-refractivity contribution in [2.24, 2.45) is 0 Å². The first-order valence-corrected chi connectivity index (χ1v) is 7.76. The minimum Gasteiger partial charge on any atom is -0.350 e. The number of anilines is 1. The number of rotatable bonds is 2. The molecular formula is C14H16FN5OS. The number of carbonyl (C=O) groups excluding carboxylic acids is 1. The molecule has 1 saturated heterocycles. The molecule has 1 aliphatic heterocycles. The maximum atomic E-state index is 13.0.